The molecule has 2 aromatic carbocycles. The Balaban J connectivity index is 1.26. The summed E-state index contributed by atoms with van der Waals surface area (Å²) in [5.74, 6) is 1.38. The summed E-state index contributed by atoms with van der Waals surface area (Å²) in [6.07, 6.45) is 0. The number of aromatic nitrogens is 2. The number of anilines is 1. The Hall–Kier alpha value is -3.24. The van der Waals surface area contributed by atoms with Gasteiger partial charge in [0, 0.05) is 37.8 Å². The van der Waals surface area contributed by atoms with Crippen molar-refractivity contribution >= 4 is 15.8 Å². The maximum Gasteiger partial charge on any atom is 0.243 e. The first-order valence-corrected chi connectivity index (χ1v) is 11.7. The normalized spacial score (nSPS) is 16.7. The minimum Gasteiger partial charge on any atom is -0.486 e. The minimum absolute atomic E-state index is 0.193. The molecule has 8 nitrogen and oxygen atoms in total. The summed E-state index contributed by atoms with van der Waals surface area (Å²) < 4.78 is 51.8. The van der Waals surface area contributed by atoms with Crippen LogP contribution in [-0.2, 0) is 10.0 Å². The second-order valence-corrected chi connectivity index (χ2v) is 9.42. The molecule has 1 fully saturated rings. The molecule has 10 heteroatoms. The van der Waals surface area contributed by atoms with Crippen molar-refractivity contribution in [3.8, 4) is 22.8 Å². The maximum absolute atomic E-state index is 13.1. The Morgan fingerprint density at radius 2 is 1.53 bits per heavy atom. The Kier molecular flexibility index (Phi) is 5.40. The zero-order valence-corrected chi connectivity index (χ0v) is 18.0. The lowest BCUT2D eigenvalue weighted by atomic mass is 10.1. The number of nitrogens with zero attached hydrogens (tertiary/aromatic N) is 4. The van der Waals surface area contributed by atoms with Crippen LogP contribution in [0.15, 0.2) is 59.5 Å². The molecule has 3 aromatic rings. The van der Waals surface area contributed by atoms with Gasteiger partial charge in [0.25, 0.3) is 0 Å². The van der Waals surface area contributed by atoms with Crippen LogP contribution in [0.1, 0.15) is 0 Å². The van der Waals surface area contributed by atoms with E-state index in [-0.39, 0.29) is 10.7 Å². The number of benzene rings is 2. The number of rotatable bonds is 4. The van der Waals surface area contributed by atoms with Crippen LogP contribution < -0.4 is 14.4 Å². The van der Waals surface area contributed by atoms with Gasteiger partial charge in [-0.25, -0.2) is 12.8 Å². The number of piperazine rings is 1. The maximum atomic E-state index is 13.1. The van der Waals surface area contributed by atoms with Crippen molar-refractivity contribution in [3.63, 3.8) is 0 Å². The van der Waals surface area contributed by atoms with E-state index >= 15 is 0 Å². The predicted molar refractivity (Wildman–Crippen MR) is 116 cm³/mol. The van der Waals surface area contributed by atoms with Gasteiger partial charge < -0.3 is 14.4 Å². The van der Waals surface area contributed by atoms with E-state index < -0.39 is 10.0 Å². The second kappa shape index (κ2) is 8.36. The van der Waals surface area contributed by atoms with E-state index in [4.69, 9.17) is 9.47 Å². The van der Waals surface area contributed by atoms with Gasteiger partial charge in [-0.2, -0.15) is 4.31 Å². The first-order valence-electron chi connectivity index (χ1n) is 10.3. The van der Waals surface area contributed by atoms with Gasteiger partial charge in [-0.05, 0) is 48.5 Å². The predicted octanol–water partition coefficient (Wildman–Crippen LogP) is 2.56. The SMILES string of the molecule is O=S(=O)(c1ccc2c(c1)OCCO2)N1CCN(c2ccc(-c3ccc(F)cc3)nn2)CC1. The van der Waals surface area contributed by atoms with Crippen molar-refractivity contribution in [2.45, 2.75) is 4.90 Å². The number of ether oxygens (including phenoxy) is 2. The third-order valence-electron chi connectivity index (χ3n) is 5.50. The minimum atomic E-state index is -3.64. The highest BCUT2D eigenvalue weighted by Gasteiger charge is 2.30. The largest absolute Gasteiger partial charge is 0.486 e. The Morgan fingerprint density at radius 3 is 2.22 bits per heavy atom. The molecule has 2 aliphatic heterocycles. The quantitative estimate of drug-likeness (QED) is 0.597. The first-order chi connectivity index (χ1) is 15.5. The summed E-state index contributed by atoms with van der Waals surface area (Å²) in [4.78, 5) is 2.19. The molecule has 0 atom stereocenters. The number of hydrogen-bond acceptors (Lipinski definition) is 7. The monoisotopic (exact) mass is 456 g/mol. The molecule has 2 aliphatic rings. The van der Waals surface area contributed by atoms with Crippen LogP contribution in [0.4, 0.5) is 10.2 Å². The fourth-order valence-corrected chi connectivity index (χ4v) is 5.20. The van der Waals surface area contributed by atoms with Crippen LogP contribution in [-0.4, -0.2) is 62.3 Å². The van der Waals surface area contributed by atoms with Crippen molar-refractivity contribution in [1.82, 2.24) is 14.5 Å². The fourth-order valence-electron chi connectivity index (χ4n) is 3.76. The number of sulfonamides is 1. The van der Waals surface area contributed by atoms with Gasteiger partial charge in [-0.3, -0.25) is 0 Å². The third-order valence-corrected chi connectivity index (χ3v) is 7.40. The summed E-state index contributed by atoms with van der Waals surface area (Å²) in [5.41, 5.74) is 1.43. The van der Waals surface area contributed by atoms with Gasteiger partial charge in [0.2, 0.25) is 10.0 Å². The highest BCUT2D eigenvalue weighted by atomic mass is 32.2. The van der Waals surface area contributed by atoms with Gasteiger partial charge in [-0.1, -0.05) is 0 Å². The van der Waals surface area contributed by atoms with Crippen molar-refractivity contribution in [2.24, 2.45) is 0 Å². The molecule has 0 radical (unpaired) electrons. The Morgan fingerprint density at radius 1 is 0.812 bits per heavy atom. The molecule has 0 saturated carbocycles. The van der Waals surface area contributed by atoms with E-state index in [1.165, 1.54) is 22.5 Å². The number of hydrogen-bond donors (Lipinski definition) is 0. The Labute approximate surface area is 185 Å². The average molecular weight is 456 g/mol. The summed E-state index contributed by atoms with van der Waals surface area (Å²) in [6, 6.07) is 14.4. The van der Waals surface area contributed by atoms with Crippen LogP contribution in [0.5, 0.6) is 11.5 Å². The standard InChI is InChI=1S/C22H21FN4O4S/c23-17-3-1-16(2-4-17)19-6-8-22(25-24-19)26-9-11-27(12-10-26)32(28,29)18-5-7-20-21(15-18)31-14-13-30-20/h1-8,15H,9-14H2. The summed E-state index contributed by atoms with van der Waals surface area (Å²) >= 11 is 0. The fraction of sp³-hybridized carbons (Fsp3) is 0.273. The van der Waals surface area contributed by atoms with Crippen LogP contribution in [0.2, 0.25) is 0 Å². The highest BCUT2D eigenvalue weighted by Crippen LogP contribution is 2.33. The lowest BCUT2D eigenvalue weighted by Crippen LogP contribution is -2.49. The van der Waals surface area contributed by atoms with Crippen molar-refractivity contribution in [1.29, 1.82) is 0 Å². The molecular weight excluding hydrogens is 435 g/mol. The second-order valence-electron chi connectivity index (χ2n) is 7.48. The molecule has 32 heavy (non-hydrogen) atoms. The number of fused-ring (bicyclic) bond motifs is 1. The third kappa shape index (κ3) is 3.98. The molecule has 0 unspecified atom stereocenters. The Bertz CT molecular complexity index is 1210. The molecule has 0 aliphatic carbocycles. The molecule has 0 bridgehead atoms. The molecule has 0 N–H and O–H groups in total. The molecule has 166 valence electrons. The zero-order chi connectivity index (χ0) is 22.1. The lowest BCUT2D eigenvalue weighted by molar-refractivity contribution is 0.171. The summed E-state index contributed by atoms with van der Waals surface area (Å²) in [7, 11) is -3.64. The van der Waals surface area contributed by atoms with E-state index in [9.17, 15) is 12.8 Å². The summed E-state index contributed by atoms with van der Waals surface area (Å²) in [6.45, 7) is 2.50. The zero-order valence-electron chi connectivity index (χ0n) is 17.1. The van der Waals surface area contributed by atoms with Gasteiger partial charge in [0.1, 0.15) is 19.0 Å². The van der Waals surface area contributed by atoms with Crippen LogP contribution in [0.3, 0.4) is 0 Å². The van der Waals surface area contributed by atoms with Gasteiger partial charge in [-0.15, -0.1) is 10.2 Å². The van der Waals surface area contributed by atoms with Gasteiger partial charge in [0.05, 0.1) is 10.6 Å². The molecule has 0 amide bonds. The van der Waals surface area contributed by atoms with E-state index in [1.54, 1.807) is 24.3 Å². The molecule has 0 spiro atoms. The van der Waals surface area contributed by atoms with E-state index in [0.29, 0.717) is 62.4 Å². The highest BCUT2D eigenvalue weighted by molar-refractivity contribution is 7.89. The van der Waals surface area contributed by atoms with Crippen LogP contribution >= 0.6 is 0 Å². The summed E-state index contributed by atoms with van der Waals surface area (Å²) in [5, 5.41) is 8.52. The number of halogens is 1. The van der Waals surface area contributed by atoms with Crippen molar-refractivity contribution in [3.05, 3.63) is 60.4 Å². The van der Waals surface area contributed by atoms with E-state index in [2.05, 4.69) is 10.2 Å². The lowest BCUT2D eigenvalue weighted by Gasteiger charge is -2.34. The van der Waals surface area contributed by atoms with Gasteiger partial charge in [0.15, 0.2) is 17.3 Å². The average Bonchev–Trinajstić information content (AvgIpc) is 2.84. The van der Waals surface area contributed by atoms with Crippen LogP contribution in [0.25, 0.3) is 11.3 Å². The van der Waals surface area contributed by atoms with Crippen molar-refractivity contribution < 1.29 is 22.3 Å². The molecule has 1 saturated heterocycles. The smallest absolute Gasteiger partial charge is 0.243 e. The van der Waals surface area contributed by atoms with Gasteiger partial charge >= 0.3 is 0 Å². The van der Waals surface area contributed by atoms with Crippen molar-refractivity contribution in [2.75, 3.05) is 44.3 Å². The van der Waals surface area contributed by atoms with E-state index in [0.717, 1.165) is 5.56 Å². The topological polar surface area (TPSA) is 84.9 Å². The first kappa shape index (κ1) is 20.7. The molecule has 5 rings (SSSR count). The molecular formula is C22H21FN4O4S. The molecule has 3 heterocycles. The van der Waals surface area contributed by atoms with E-state index in [1.807, 2.05) is 17.0 Å². The molecule has 1 aromatic heterocycles. The van der Waals surface area contributed by atoms with Crippen LogP contribution in [0, 0.1) is 5.82 Å².